The van der Waals surface area contributed by atoms with Crippen molar-refractivity contribution in [3.63, 3.8) is 0 Å². The van der Waals surface area contributed by atoms with Gasteiger partial charge in [0.1, 0.15) is 11.5 Å². The van der Waals surface area contributed by atoms with Crippen LogP contribution in [0, 0.1) is 16.0 Å². The van der Waals surface area contributed by atoms with Crippen LogP contribution in [0.25, 0.3) is 0 Å². The zero-order chi connectivity index (χ0) is 26.3. The first-order chi connectivity index (χ1) is 17.8. The molecule has 0 unspecified atom stereocenters. The summed E-state index contributed by atoms with van der Waals surface area (Å²) in [6.45, 7) is -0.00999. The normalized spacial score (nSPS) is 16.7. The van der Waals surface area contributed by atoms with Crippen molar-refractivity contribution in [3.8, 4) is 11.5 Å². The molecular formula is C26H19N3O8. The summed E-state index contributed by atoms with van der Waals surface area (Å²) in [6.07, 6.45) is -0.128. The highest BCUT2D eigenvalue weighted by molar-refractivity contribution is 6.34. The van der Waals surface area contributed by atoms with Gasteiger partial charge < -0.3 is 14.4 Å². The van der Waals surface area contributed by atoms with E-state index in [1.54, 1.807) is 36.4 Å². The van der Waals surface area contributed by atoms with Gasteiger partial charge in [0, 0.05) is 25.1 Å². The van der Waals surface area contributed by atoms with E-state index in [0.29, 0.717) is 16.8 Å². The van der Waals surface area contributed by atoms with Crippen LogP contribution >= 0.6 is 0 Å². The number of amides is 3. The van der Waals surface area contributed by atoms with Crippen LogP contribution in [0.2, 0.25) is 0 Å². The van der Waals surface area contributed by atoms with Crippen LogP contribution in [0.5, 0.6) is 11.5 Å². The molecule has 0 aliphatic carbocycles. The van der Waals surface area contributed by atoms with Gasteiger partial charge in [-0.3, -0.25) is 29.3 Å². The van der Waals surface area contributed by atoms with Crippen molar-refractivity contribution in [3.05, 3.63) is 88.0 Å². The maximum atomic E-state index is 12.9. The van der Waals surface area contributed by atoms with Gasteiger partial charge in [0.2, 0.25) is 5.91 Å². The number of esters is 1. The molecule has 186 valence electrons. The molecule has 5 rings (SSSR count). The Morgan fingerprint density at radius 3 is 2.32 bits per heavy atom. The first-order valence-corrected chi connectivity index (χ1v) is 11.2. The van der Waals surface area contributed by atoms with E-state index in [4.69, 9.17) is 9.47 Å². The number of rotatable bonds is 6. The molecule has 0 aromatic heterocycles. The lowest BCUT2D eigenvalue weighted by molar-refractivity contribution is -0.384. The van der Waals surface area contributed by atoms with Crippen molar-refractivity contribution in [1.29, 1.82) is 0 Å². The van der Waals surface area contributed by atoms with Gasteiger partial charge in [-0.2, -0.15) is 0 Å². The second-order valence-corrected chi connectivity index (χ2v) is 8.43. The third kappa shape index (κ3) is 4.16. The monoisotopic (exact) mass is 501 g/mol. The first kappa shape index (κ1) is 23.7. The molecule has 3 aromatic rings. The zero-order valence-corrected chi connectivity index (χ0v) is 19.5. The number of ether oxygens (including phenoxy) is 2. The smallest absolute Gasteiger partial charge is 0.316 e. The van der Waals surface area contributed by atoms with Gasteiger partial charge in [-0.1, -0.05) is 18.2 Å². The number of fused-ring (bicyclic) bond motifs is 1. The van der Waals surface area contributed by atoms with Crippen molar-refractivity contribution < 1.29 is 33.6 Å². The van der Waals surface area contributed by atoms with Crippen LogP contribution in [0.1, 0.15) is 27.1 Å². The van der Waals surface area contributed by atoms with Gasteiger partial charge in [0.15, 0.2) is 0 Å². The van der Waals surface area contributed by atoms with Gasteiger partial charge in [-0.15, -0.1) is 0 Å². The Balaban J connectivity index is 1.32. The lowest BCUT2D eigenvalue weighted by Gasteiger charge is -2.19. The Morgan fingerprint density at radius 2 is 1.68 bits per heavy atom. The lowest BCUT2D eigenvalue weighted by Crippen LogP contribution is -2.29. The molecule has 2 heterocycles. The standard InChI is InChI=1S/C26H19N3O8/c1-36-22-13-17(29(34)35)9-10-21(22)27-14-15(11-23(27)30)26(33)37-18-6-4-5-16(12-18)28-24(31)19-7-2-3-8-20(19)25(28)32/h2-10,12-13,15H,11,14H2,1H3/t15-/m0/s1. The summed E-state index contributed by atoms with van der Waals surface area (Å²) in [4.78, 5) is 64.0. The molecule has 0 radical (unpaired) electrons. The maximum Gasteiger partial charge on any atom is 0.316 e. The van der Waals surface area contributed by atoms with Crippen molar-refractivity contribution >= 4 is 40.8 Å². The molecule has 0 bridgehead atoms. The van der Waals surface area contributed by atoms with Gasteiger partial charge in [0.25, 0.3) is 17.5 Å². The number of nitro groups is 1. The number of benzene rings is 3. The van der Waals surface area contributed by atoms with E-state index < -0.39 is 28.6 Å². The molecule has 2 aliphatic rings. The molecule has 11 heteroatoms. The highest BCUT2D eigenvalue weighted by Gasteiger charge is 2.39. The minimum absolute atomic E-state index is 0.00999. The molecule has 3 aromatic carbocycles. The number of hydrogen-bond acceptors (Lipinski definition) is 8. The SMILES string of the molecule is COc1cc([N+](=O)[O-])ccc1N1C[C@@H](C(=O)Oc2cccc(N3C(=O)c4ccccc4C3=O)c2)CC1=O. The minimum Gasteiger partial charge on any atom is -0.494 e. The molecule has 37 heavy (non-hydrogen) atoms. The summed E-state index contributed by atoms with van der Waals surface area (Å²) in [5.41, 5.74) is 0.945. The second kappa shape index (κ2) is 9.19. The summed E-state index contributed by atoms with van der Waals surface area (Å²) < 4.78 is 10.7. The number of carbonyl (C=O) groups excluding carboxylic acids is 4. The van der Waals surface area contributed by atoms with E-state index in [1.165, 1.54) is 42.3 Å². The number of nitro benzene ring substituents is 1. The molecular weight excluding hydrogens is 482 g/mol. The van der Waals surface area contributed by atoms with Crippen LogP contribution in [0.3, 0.4) is 0 Å². The Bertz CT molecular complexity index is 1450. The topological polar surface area (TPSA) is 136 Å². The van der Waals surface area contributed by atoms with E-state index in [-0.39, 0.29) is 41.7 Å². The number of imide groups is 1. The van der Waals surface area contributed by atoms with Gasteiger partial charge in [-0.05, 0) is 30.3 Å². The fourth-order valence-corrected chi connectivity index (χ4v) is 4.41. The molecule has 3 amide bonds. The third-order valence-electron chi connectivity index (χ3n) is 6.21. The van der Waals surface area contributed by atoms with Gasteiger partial charge in [0.05, 0.1) is 46.5 Å². The number of hydrogen-bond donors (Lipinski definition) is 0. The average Bonchev–Trinajstić information content (AvgIpc) is 3.41. The Kier molecular flexibility index (Phi) is 5.88. The Morgan fingerprint density at radius 1 is 0.973 bits per heavy atom. The highest BCUT2D eigenvalue weighted by Crippen LogP contribution is 2.36. The van der Waals surface area contributed by atoms with Gasteiger partial charge >= 0.3 is 5.97 Å². The van der Waals surface area contributed by atoms with E-state index in [0.717, 1.165) is 4.90 Å². The lowest BCUT2D eigenvalue weighted by atomic mass is 10.1. The van der Waals surface area contributed by atoms with Crippen LogP contribution in [-0.2, 0) is 9.59 Å². The summed E-state index contributed by atoms with van der Waals surface area (Å²) in [7, 11) is 1.33. The van der Waals surface area contributed by atoms with Crippen molar-refractivity contribution in [1.82, 2.24) is 0 Å². The minimum atomic E-state index is -0.810. The molecule has 0 N–H and O–H groups in total. The Labute approximate surface area is 209 Å². The second-order valence-electron chi connectivity index (χ2n) is 8.43. The number of non-ortho nitro benzene ring substituents is 1. The van der Waals surface area contributed by atoms with E-state index in [1.807, 2.05) is 0 Å². The first-order valence-electron chi connectivity index (χ1n) is 11.2. The molecule has 0 saturated carbocycles. The summed E-state index contributed by atoms with van der Waals surface area (Å²) in [6, 6.07) is 16.4. The number of methoxy groups -OCH3 is 1. The molecule has 1 fully saturated rings. The average molecular weight is 501 g/mol. The van der Waals surface area contributed by atoms with Crippen LogP contribution < -0.4 is 19.3 Å². The van der Waals surface area contributed by atoms with E-state index in [9.17, 15) is 29.3 Å². The van der Waals surface area contributed by atoms with Crippen molar-refractivity contribution in [2.45, 2.75) is 6.42 Å². The Hall–Kier alpha value is -5.06. The predicted octanol–water partition coefficient (Wildman–Crippen LogP) is 3.36. The van der Waals surface area contributed by atoms with Crippen molar-refractivity contribution in [2.75, 3.05) is 23.5 Å². The number of nitrogens with zero attached hydrogens (tertiary/aromatic N) is 3. The molecule has 2 aliphatic heterocycles. The summed E-state index contributed by atoms with van der Waals surface area (Å²) in [5, 5.41) is 11.1. The molecule has 1 saturated heterocycles. The molecule has 0 spiro atoms. The fourth-order valence-electron chi connectivity index (χ4n) is 4.41. The maximum absolute atomic E-state index is 12.9. The quantitative estimate of drug-likeness (QED) is 0.165. The third-order valence-corrected chi connectivity index (χ3v) is 6.21. The molecule has 11 nitrogen and oxygen atoms in total. The zero-order valence-electron chi connectivity index (χ0n) is 19.5. The molecule has 1 atom stereocenters. The van der Waals surface area contributed by atoms with E-state index >= 15 is 0 Å². The largest absolute Gasteiger partial charge is 0.494 e. The van der Waals surface area contributed by atoms with Crippen LogP contribution in [0.15, 0.2) is 66.7 Å². The van der Waals surface area contributed by atoms with Crippen molar-refractivity contribution in [2.24, 2.45) is 5.92 Å². The summed E-state index contributed by atoms with van der Waals surface area (Å²) >= 11 is 0. The fraction of sp³-hybridized carbons (Fsp3) is 0.154. The predicted molar refractivity (Wildman–Crippen MR) is 130 cm³/mol. The summed E-state index contributed by atoms with van der Waals surface area (Å²) in [5.74, 6) is -2.56. The van der Waals surface area contributed by atoms with Gasteiger partial charge in [-0.25, -0.2) is 4.90 Å². The van der Waals surface area contributed by atoms with Crippen LogP contribution in [0.4, 0.5) is 17.1 Å². The number of anilines is 2. The van der Waals surface area contributed by atoms with Crippen LogP contribution in [-0.4, -0.2) is 42.3 Å². The number of carbonyl (C=O) groups is 4. The highest BCUT2D eigenvalue weighted by atomic mass is 16.6. The van der Waals surface area contributed by atoms with E-state index in [2.05, 4.69) is 0 Å².